The van der Waals surface area contributed by atoms with Crippen molar-refractivity contribution in [2.45, 2.75) is 12.5 Å². The second kappa shape index (κ2) is 8.15. The van der Waals surface area contributed by atoms with Crippen LogP contribution in [0.5, 0.6) is 0 Å². The number of nitrogens with one attached hydrogen (secondary N) is 2. The highest BCUT2D eigenvalue weighted by atomic mass is 16.2. The molecule has 0 radical (unpaired) electrons. The van der Waals surface area contributed by atoms with Crippen molar-refractivity contribution in [2.75, 3.05) is 23.7 Å². The number of carbonyl (C=O) groups excluding carboxylic acids is 2. The number of pyridine rings is 1. The maximum Gasteiger partial charge on any atom is 0.253 e. The number of rotatable bonds is 5. The van der Waals surface area contributed by atoms with Gasteiger partial charge in [0.1, 0.15) is 11.9 Å². The van der Waals surface area contributed by atoms with Crippen molar-refractivity contribution in [3.63, 3.8) is 0 Å². The fourth-order valence-electron chi connectivity index (χ4n) is 2.89. The Kier molecular flexibility index (Phi) is 5.47. The van der Waals surface area contributed by atoms with Crippen molar-refractivity contribution in [3.05, 3.63) is 66.4 Å². The Labute approximate surface area is 157 Å². The van der Waals surface area contributed by atoms with E-state index in [9.17, 15) is 9.59 Å². The summed E-state index contributed by atoms with van der Waals surface area (Å²) in [6, 6.07) is 12.4. The molecule has 1 fully saturated rings. The molecule has 1 atom stereocenters. The summed E-state index contributed by atoms with van der Waals surface area (Å²) in [5.41, 5.74) is 1.70. The van der Waals surface area contributed by atoms with E-state index in [0.717, 1.165) is 6.42 Å². The lowest BCUT2D eigenvalue weighted by Gasteiger charge is -2.17. The lowest BCUT2D eigenvalue weighted by molar-refractivity contribution is -0.111. The highest BCUT2D eigenvalue weighted by Gasteiger charge is 2.27. The van der Waals surface area contributed by atoms with Crippen LogP contribution in [-0.4, -0.2) is 40.8 Å². The van der Waals surface area contributed by atoms with Crippen LogP contribution < -0.4 is 10.6 Å². The summed E-state index contributed by atoms with van der Waals surface area (Å²) in [5, 5.41) is 14.8. The number of anilines is 2. The minimum absolute atomic E-state index is 0.0475. The van der Waals surface area contributed by atoms with Crippen molar-refractivity contribution in [2.24, 2.45) is 0 Å². The van der Waals surface area contributed by atoms with Crippen LogP contribution in [0.25, 0.3) is 0 Å². The largest absolute Gasteiger partial charge is 0.365 e. The molecule has 1 aliphatic rings. The van der Waals surface area contributed by atoms with Crippen LogP contribution in [0.2, 0.25) is 0 Å². The molecule has 1 aromatic carbocycles. The molecule has 136 valence electrons. The first kappa shape index (κ1) is 18.1. The van der Waals surface area contributed by atoms with Crippen molar-refractivity contribution in [3.8, 4) is 6.07 Å². The summed E-state index contributed by atoms with van der Waals surface area (Å²) >= 11 is 0. The minimum atomic E-state index is -0.293. The van der Waals surface area contributed by atoms with Crippen molar-refractivity contribution in [1.82, 2.24) is 9.88 Å². The number of nitrogens with zero attached hydrogens (tertiary/aromatic N) is 3. The zero-order chi connectivity index (χ0) is 19.2. The molecule has 1 aliphatic heterocycles. The molecule has 1 saturated heterocycles. The van der Waals surface area contributed by atoms with E-state index in [0.29, 0.717) is 35.7 Å². The molecule has 3 rings (SSSR count). The summed E-state index contributed by atoms with van der Waals surface area (Å²) in [6.45, 7) is 4.64. The SMILES string of the molecule is C=CC(=O)Nc1ccc(C(=O)N2CC[C@@H](Nc3ccc(C#N)cn3)C2)cc1. The number of amides is 2. The predicted octanol–water partition coefficient (Wildman–Crippen LogP) is 2.40. The van der Waals surface area contributed by atoms with Crippen molar-refractivity contribution >= 4 is 23.3 Å². The lowest BCUT2D eigenvalue weighted by atomic mass is 10.2. The second-order valence-corrected chi connectivity index (χ2v) is 6.20. The maximum atomic E-state index is 12.7. The van der Waals surface area contributed by atoms with Gasteiger partial charge in [-0.1, -0.05) is 6.58 Å². The third kappa shape index (κ3) is 4.50. The van der Waals surface area contributed by atoms with Gasteiger partial charge in [0.25, 0.3) is 5.91 Å². The van der Waals surface area contributed by atoms with E-state index in [2.05, 4.69) is 22.2 Å². The van der Waals surface area contributed by atoms with Crippen LogP contribution in [0.4, 0.5) is 11.5 Å². The zero-order valence-corrected chi connectivity index (χ0v) is 14.7. The zero-order valence-electron chi connectivity index (χ0n) is 14.7. The predicted molar refractivity (Wildman–Crippen MR) is 102 cm³/mol. The molecule has 0 bridgehead atoms. The van der Waals surface area contributed by atoms with E-state index >= 15 is 0 Å². The molecule has 2 amide bonds. The first-order chi connectivity index (χ1) is 13.1. The van der Waals surface area contributed by atoms with Crippen LogP contribution in [-0.2, 0) is 4.79 Å². The van der Waals surface area contributed by atoms with Crippen LogP contribution in [0, 0.1) is 11.3 Å². The van der Waals surface area contributed by atoms with E-state index < -0.39 is 0 Å². The average Bonchev–Trinajstić information content (AvgIpc) is 3.17. The van der Waals surface area contributed by atoms with Crippen molar-refractivity contribution < 1.29 is 9.59 Å². The van der Waals surface area contributed by atoms with Gasteiger partial charge in [0.2, 0.25) is 5.91 Å². The van der Waals surface area contributed by atoms with Gasteiger partial charge in [-0.05, 0) is 48.9 Å². The Balaban J connectivity index is 1.57. The topological polar surface area (TPSA) is 98.1 Å². The molecule has 7 heteroatoms. The van der Waals surface area contributed by atoms with E-state index in [4.69, 9.17) is 5.26 Å². The number of nitriles is 1. The van der Waals surface area contributed by atoms with Crippen LogP contribution in [0.3, 0.4) is 0 Å². The van der Waals surface area contributed by atoms with Gasteiger partial charge in [-0.15, -0.1) is 0 Å². The summed E-state index contributed by atoms with van der Waals surface area (Å²) in [5.74, 6) is 0.350. The smallest absolute Gasteiger partial charge is 0.253 e. The molecular weight excluding hydrogens is 342 g/mol. The van der Waals surface area contributed by atoms with E-state index in [1.807, 2.05) is 6.07 Å². The molecule has 7 nitrogen and oxygen atoms in total. The molecular formula is C20H19N5O2. The third-order valence-corrected chi connectivity index (χ3v) is 4.30. The van der Waals surface area contributed by atoms with Gasteiger partial charge in [-0.2, -0.15) is 5.26 Å². The Morgan fingerprint density at radius 3 is 2.67 bits per heavy atom. The summed E-state index contributed by atoms with van der Waals surface area (Å²) in [4.78, 5) is 30.0. The molecule has 2 N–H and O–H groups in total. The van der Waals surface area contributed by atoms with Gasteiger partial charge >= 0.3 is 0 Å². The molecule has 0 saturated carbocycles. The van der Waals surface area contributed by atoms with Gasteiger partial charge in [0, 0.05) is 36.6 Å². The molecule has 2 heterocycles. The molecule has 0 aliphatic carbocycles. The Morgan fingerprint density at radius 1 is 1.26 bits per heavy atom. The number of aromatic nitrogens is 1. The van der Waals surface area contributed by atoms with Crippen molar-refractivity contribution in [1.29, 1.82) is 5.26 Å². The summed E-state index contributed by atoms with van der Waals surface area (Å²) in [7, 11) is 0. The Morgan fingerprint density at radius 2 is 2.04 bits per heavy atom. The number of benzene rings is 1. The number of hydrogen-bond acceptors (Lipinski definition) is 5. The second-order valence-electron chi connectivity index (χ2n) is 6.20. The van der Waals surface area contributed by atoms with Crippen LogP contribution in [0.1, 0.15) is 22.3 Å². The number of likely N-dealkylation sites (tertiary alicyclic amines) is 1. The molecule has 2 aromatic rings. The monoisotopic (exact) mass is 361 g/mol. The van der Waals surface area contributed by atoms with Gasteiger partial charge in [-0.3, -0.25) is 9.59 Å². The molecule has 27 heavy (non-hydrogen) atoms. The molecule has 0 unspecified atom stereocenters. The molecule has 1 aromatic heterocycles. The first-order valence-electron chi connectivity index (χ1n) is 8.54. The van der Waals surface area contributed by atoms with E-state index in [1.165, 1.54) is 12.3 Å². The summed E-state index contributed by atoms with van der Waals surface area (Å²) < 4.78 is 0. The highest BCUT2D eigenvalue weighted by Crippen LogP contribution is 2.18. The minimum Gasteiger partial charge on any atom is -0.365 e. The third-order valence-electron chi connectivity index (χ3n) is 4.30. The number of carbonyl (C=O) groups is 2. The normalized spacial score (nSPS) is 15.7. The fourth-order valence-corrected chi connectivity index (χ4v) is 2.89. The van der Waals surface area contributed by atoms with Gasteiger partial charge < -0.3 is 15.5 Å². The standard InChI is InChI=1S/C20H19N5O2/c1-2-19(26)24-16-6-4-15(5-7-16)20(27)25-10-9-17(13-25)23-18-8-3-14(11-21)12-22-18/h2-8,12,17H,1,9-10,13H2,(H,22,23)(H,24,26)/t17-/m1/s1. The highest BCUT2D eigenvalue weighted by molar-refractivity contribution is 5.99. The Bertz CT molecular complexity index is 884. The Hall–Kier alpha value is -3.66. The van der Waals surface area contributed by atoms with E-state index in [1.54, 1.807) is 41.3 Å². The van der Waals surface area contributed by atoms with E-state index in [-0.39, 0.29) is 17.9 Å². The first-order valence-corrected chi connectivity index (χ1v) is 8.54. The van der Waals surface area contributed by atoms with Gasteiger partial charge in [-0.25, -0.2) is 4.98 Å². The quantitative estimate of drug-likeness (QED) is 0.797. The maximum absolute atomic E-state index is 12.7. The molecule has 0 spiro atoms. The summed E-state index contributed by atoms with van der Waals surface area (Å²) in [6.07, 6.45) is 3.53. The van der Waals surface area contributed by atoms with Crippen LogP contribution >= 0.6 is 0 Å². The number of hydrogen-bond donors (Lipinski definition) is 2. The van der Waals surface area contributed by atoms with Gasteiger partial charge in [0.05, 0.1) is 5.56 Å². The van der Waals surface area contributed by atoms with Crippen LogP contribution in [0.15, 0.2) is 55.3 Å². The lowest BCUT2D eigenvalue weighted by Crippen LogP contribution is -2.31. The average molecular weight is 361 g/mol. The van der Waals surface area contributed by atoms with Gasteiger partial charge in [0.15, 0.2) is 0 Å². The fraction of sp³-hybridized carbons (Fsp3) is 0.200.